The molecule has 4 aliphatic rings. The van der Waals surface area contributed by atoms with Crippen LogP contribution in [0.5, 0.6) is 0 Å². The molecule has 0 N–H and O–H groups in total. The Balaban J connectivity index is 1.06. The summed E-state index contributed by atoms with van der Waals surface area (Å²) in [5.74, 6) is 2.82. The highest BCUT2D eigenvalue weighted by Crippen LogP contribution is 2.61. The van der Waals surface area contributed by atoms with Gasteiger partial charge in [-0.3, -0.25) is 0 Å². The Morgan fingerprint density at radius 1 is 0.408 bits per heavy atom. The van der Waals surface area contributed by atoms with Crippen molar-refractivity contribution in [2.24, 2.45) is 17.8 Å². The second-order valence-electron chi connectivity index (χ2n) is 14.9. The maximum atomic E-state index is 6.34. The fourth-order valence-corrected chi connectivity index (χ4v) is 10.1. The zero-order valence-electron chi connectivity index (χ0n) is 27.7. The molecule has 4 saturated carbocycles. The minimum Gasteiger partial charge on any atom is -0.456 e. The van der Waals surface area contributed by atoms with Gasteiger partial charge in [-0.15, -0.1) is 0 Å². The molecular formula is C46H40N2O. The molecule has 3 nitrogen and oxygen atoms in total. The van der Waals surface area contributed by atoms with Crippen LogP contribution >= 0.6 is 0 Å². The lowest BCUT2D eigenvalue weighted by Crippen LogP contribution is -2.48. The molecule has 6 aromatic carbocycles. The van der Waals surface area contributed by atoms with E-state index < -0.39 is 0 Å². The summed E-state index contributed by atoms with van der Waals surface area (Å²) in [6.45, 7) is 0. The third-order valence-corrected chi connectivity index (χ3v) is 11.8. The van der Waals surface area contributed by atoms with Crippen LogP contribution < -0.4 is 9.80 Å². The van der Waals surface area contributed by atoms with Crippen molar-refractivity contribution >= 4 is 56.1 Å². The predicted molar refractivity (Wildman–Crippen MR) is 203 cm³/mol. The molecule has 4 bridgehead atoms. The first-order valence-electron chi connectivity index (χ1n) is 18.0. The molecule has 1 aromatic heterocycles. The second-order valence-corrected chi connectivity index (χ2v) is 14.9. The van der Waals surface area contributed by atoms with E-state index in [2.05, 4.69) is 149 Å². The van der Waals surface area contributed by atoms with Crippen molar-refractivity contribution in [2.45, 2.75) is 43.9 Å². The first kappa shape index (κ1) is 28.7. The molecule has 0 amide bonds. The van der Waals surface area contributed by atoms with E-state index in [1.54, 1.807) is 5.56 Å². The lowest BCUT2D eigenvalue weighted by Gasteiger charge is -2.57. The Morgan fingerprint density at radius 2 is 0.878 bits per heavy atom. The van der Waals surface area contributed by atoms with Crippen LogP contribution in [0.2, 0.25) is 0 Å². The maximum Gasteiger partial charge on any atom is 0.137 e. The highest BCUT2D eigenvalue weighted by molar-refractivity contribution is 6.06. The Bertz CT molecular complexity index is 2240. The zero-order chi connectivity index (χ0) is 32.4. The van der Waals surface area contributed by atoms with E-state index in [-0.39, 0.29) is 0 Å². The first-order valence-corrected chi connectivity index (χ1v) is 18.0. The summed E-state index contributed by atoms with van der Waals surface area (Å²) in [4.78, 5) is 4.73. The molecular weight excluding hydrogens is 597 g/mol. The van der Waals surface area contributed by atoms with E-state index in [0.29, 0.717) is 5.41 Å². The van der Waals surface area contributed by atoms with Gasteiger partial charge in [-0.1, -0.05) is 72.8 Å². The van der Waals surface area contributed by atoms with Gasteiger partial charge in [0.05, 0.1) is 0 Å². The highest BCUT2D eigenvalue weighted by Gasteiger charge is 2.51. The minimum atomic E-state index is 0.391. The Kier molecular flexibility index (Phi) is 6.69. The third-order valence-electron chi connectivity index (χ3n) is 11.8. The lowest BCUT2D eigenvalue weighted by atomic mass is 9.48. The van der Waals surface area contributed by atoms with Crippen molar-refractivity contribution in [3.05, 3.63) is 157 Å². The fraction of sp³-hybridized carbons (Fsp3) is 0.217. The SMILES string of the molecule is c1ccc(N(c2ccc(C34CC5CC(CC(C5)C3)C4)cc2)c2cccc(N(c3ccccc3)c3ccc4c(c3)oc3ccccc34)c2)cc1. The van der Waals surface area contributed by atoms with E-state index >= 15 is 0 Å². The van der Waals surface area contributed by atoms with Gasteiger partial charge < -0.3 is 14.2 Å². The van der Waals surface area contributed by atoms with E-state index in [0.717, 1.165) is 68.1 Å². The molecule has 0 atom stereocenters. The van der Waals surface area contributed by atoms with Crippen molar-refractivity contribution in [1.82, 2.24) is 0 Å². The van der Waals surface area contributed by atoms with Crippen molar-refractivity contribution < 1.29 is 4.42 Å². The molecule has 0 aliphatic heterocycles. The fourth-order valence-electron chi connectivity index (χ4n) is 10.1. The van der Waals surface area contributed by atoms with Crippen molar-refractivity contribution in [1.29, 1.82) is 0 Å². The Morgan fingerprint density at radius 3 is 1.51 bits per heavy atom. The predicted octanol–water partition coefficient (Wildman–Crippen LogP) is 13.0. The van der Waals surface area contributed by atoms with Gasteiger partial charge in [0.15, 0.2) is 0 Å². The number of rotatable bonds is 7. The van der Waals surface area contributed by atoms with Crippen LogP contribution in [0.25, 0.3) is 21.9 Å². The molecule has 0 spiro atoms. The number of anilines is 6. The summed E-state index contributed by atoms with van der Waals surface area (Å²) < 4.78 is 6.34. The minimum absolute atomic E-state index is 0.391. The van der Waals surface area contributed by atoms with Crippen LogP contribution in [0, 0.1) is 17.8 Å². The van der Waals surface area contributed by atoms with Gasteiger partial charge >= 0.3 is 0 Å². The van der Waals surface area contributed by atoms with Crippen LogP contribution in [-0.2, 0) is 5.41 Å². The number of hydrogen-bond donors (Lipinski definition) is 0. The van der Waals surface area contributed by atoms with Crippen LogP contribution in [0.1, 0.15) is 44.1 Å². The zero-order valence-corrected chi connectivity index (χ0v) is 27.7. The molecule has 11 rings (SSSR count). The molecule has 3 heteroatoms. The van der Waals surface area contributed by atoms with E-state index in [1.165, 1.54) is 44.2 Å². The van der Waals surface area contributed by atoms with E-state index in [1.807, 2.05) is 12.1 Å². The summed E-state index contributed by atoms with van der Waals surface area (Å²) in [7, 11) is 0. The van der Waals surface area contributed by atoms with Gasteiger partial charge in [0.25, 0.3) is 0 Å². The monoisotopic (exact) mass is 636 g/mol. The van der Waals surface area contributed by atoms with Crippen LogP contribution in [0.4, 0.5) is 34.1 Å². The standard InChI is InChI=1S/C46H40N2O/c1-3-10-36(11-4-1)47(38-20-18-35(19-21-38)46-29-32-24-33(30-46)26-34(25-32)31-46)39-14-9-15-40(27-39)48(37-12-5-2-6-13-37)41-22-23-43-42-16-7-8-17-44(42)49-45(43)28-41/h1-23,27-28,32-34H,24-26,29-31H2. The largest absolute Gasteiger partial charge is 0.456 e. The molecule has 0 unspecified atom stereocenters. The first-order chi connectivity index (χ1) is 24.2. The topological polar surface area (TPSA) is 19.6 Å². The average molecular weight is 637 g/mol. The molecule has 1 heterocycles. The molecule has 240 valence electrons. The number of benzene rings is 6. The van der Waals surface area contributed by atoms with Crippen molar-refractivity contribution in [2.75, 3.05) is 9.80 Å². The summed E-state index contributed by atoms with van der Waals surface area (Å²) in [5, 5.41) is 2.28. The number of para-hydroxylation sites is 3. The van der Waals surface area contributed by atoms with E-state index in [4.69, 9.17) is 4.42 Å². The normalized spacial score (nSPS) is 22.5. The maximum absolute atomic E-state index is 6.34. The molecule has 0 radical (unpaired) electrons. The number of fused-ring (bicyclic) bond motifs is 3. The van der Waals surface area contributed by atoms with Gasteiger partial charge in [0.2, 0.25) is 0 Å². The number of hydrogen-bond acceptors (Lipinski definition) is 3. The van der Waals surface area contributed by atoms with Crippen molar-refractivity contribution in [3.8, 4) is 0 Å². The summed E-state index contributed by atoms with van der Waals surface area (Å²) in [5.41, 5.74) is 10.5. The van der Waals surface area contributed by atoms with Gasteiger partial charge in [-0.2, -0.15) is 0 Å². The molecule has 0 saturated heterocycles. The lowest BCUT2D eigenvalue weighted by molar-refractivity contribution is -0.00518. The van der Waals surface area contributed by atoms with Crippen LogP contribution in [0.3, 0.4) is 0 Å². The van der Waals surface area contributed by atoms with E-state index in [9.17, 15) is 0 Å². The number of nitrogens with zero attached hydrogens (tertiary/aromatic N) is 2. The van der Waals surface area contributed by atoms with Gasteiger partial charge in [0.1, 0.15) is 11.2 Å². The molecule has 4 aliphatic carbocycles. The molecule has 49 heavy (non-hydrogen) atoms. The smallest absolute Gasteiger partial charge is 0.137 e. The van der Waals surface area contributed by atoms with Crippen LogP contribution in [0.15, 0.2) is 156 Å². The quantitative estimate of drug-likeness (QED) is 0.174. The van der Waals surface area contributed by atoms with Gasteiger partial charge in [0, 0.05) is 51.0 Å². The highest BCUT2D eigenvalue weighted by atomic mass is 16.3. The molecule has 4 fully saturated rings. The summed E-state index contributed by atoms with van der Waals surface area (Å²) >= 11 is 0. The number of furan rings is 1. The second kappa shape index (κ2) is 11.4. The summed E-state index contributed by atoms with van der Waals surface area (Å²) in [6, 6.07) is 54.9. The summed E-state index contributed by atoms with van der Waals surface area (Å²) in [6.07, 6.45) is 8.58. The Hall–Kier alpha value is -5.28. The Labute approximate surface area is 288 Å². The molecule has 7 aromatic rings. The van der Waals surface area contributed by atoms with Crippen LogP contribution in [-0.4, -0.2) is 0 Å². The van der Waals surface area contributed by atoms with Crippen molar-refractivity contribution in [3.63, 3.8) is 0 Å². The average Bonchev–Trinajstić information content (AvgIpc) is 3.51. The van der Waals surface area contributed by atoms with Gasteiger partial charge in [-0.05, 0) is 140 Å². The third kappa shape index (κ3) is 4.94. The van der Waals surface area contributed by atoms with Gasteiger partial charge in [-0.25, -0.2) is 0 Å².